The van der Waals surface area contributed by atoms with Crippen LogP contribution in [-0.2, 0) is 4.79 Å². The van der Waals surface area contributed by atoms with Crippen molar-refractivity contribution in [3.63, 3.8) is 0 Å². The van der Waals surface area contributed by atoms with Crippen molar-refractivity contribution in [2.75, 3.05) is 62.8 Å². The highest BCUT2D eigenvalue weighted by Gasteiger charge is 2.18. The minimum atomic E-state index is -0.127. The van der Waals surface area contributed by atoms with Crippen LogP contribution in [0.2, 0.25) is 0 Å². The van der Waals surface area contributed by atoms with E-state index >= 15 is 0 Å². The Morgan fingerprint density at radius 2 is 1.77 bits per heavy atom. The number of aliphatic hydroxyl groups is 1. The van der Waals surface area contributed by atoms with Gasteiger partial charge in [-0.15, -0.1) is 0 Å². The molecule has 162 valence electrons. The lowest BCUT2D eigenvalue weighted by Gasteiger charge is -2.36. The Hall–Kier alpha value is -2.77. The number of para-hydroxylation sites is 1. The van der Waals surface area contributed by atoms with Gasteiger partial charge in [-0.2, -0.15) is 0 Å². The van der Waals surface area contributed by atoms with E-state index in [-0.39, 0.29) is 12.5 Å². The van der Waals surface area contributed by atoms with Gasteiger partial charge in [-0.05, 0) is 24.3 Å². The third-order valence-corrected chi connectivity index (χ3v) is 4.99. The number of hydrogen-bond acceptors (Lipinski definition) is 6. The molecule has 7 nitrogen and oxygen atoms in total. The maximum absolute atomic E-state index is 11.6. The number of piperazine rings is 1. The number of aliphatic hydroxyl groups excluding tert-OH is 1. The summed E-state index contributed by atoms with van der Waals surface area (Å²) >= 11 is 0. The van der Waals surface area contributed by atoms with Gasteiger partial charge in [0, 0.05) is 57.8 Å². The van der Waals surface area contributed by atoms with Crippen molar-refractivity contribution in [2.45, 2.75) is 13.3 Å². The number of anilines is 2. The smallest absolute Gasteiger partial charge is 0.221 e. The first-order valence-electron chi connectivity index (χ1n) is 10.5. The summed E-state index contributed by atoms with van der Waals surface area (Å²) in [5, 5.41) is 12.0. The Kier molecular flexibility index (Phi) is 8.35. The summed E-state index contributed by atoms with van der Waals surface area (Å²) in [4.78, 5) is 16.1. The fourth-order valence-electron chi connectivity index (χ4n) is 3.44. The highest BCUT2D eigenvalue weighted by Crippen LogP contribution is 2.31. The monoisotopic (exact) mass is 413 g/mol. The lowest BCUT2D eigenvalue weighted by atomic mass is 10.2. The molecule has 30 heavy (non-hydrogen) atoms. The highest BCUT2D eigenvalue weighted by molar-refractivity contribution is 5.90. The molecular formula is C23H31N3O4. The Labute approximate surface area is 178 Å². The van der Waals surface area contributed by atoms with Crippen molar-refractivity contribution in [1.82, 2.24) is 4.90 Å². The maximum atomic E-state index is 11.6. The molecule has 0 saturated carbocycles. The van der Waals surface area contributed by atoms with Gasteiger partial charge in [0.25, 0.3) is 0 Å². The summed E-state index contributed by atoms with van der Waals surface area (Å²) in [5.41, 5.74) is 1.75. The molecule has 0 aromatic heterocycles. The minimum absolute atomic E-state index is 0.127. The van der Waals surface area contributed by atoms with E-state index < -0.39 is 0 Å². The summed E-state index contributed by atoms with van der Waals surface area (Å²) in [6, 6.07) is 15.6. The normalized spacial score (nSPS) is 14.4. The molecule has 2 aromatic rings. The number of amides is 1. The molecule has 0 aliphatic carbocycles. The molecular weight excluding hydrogens is 382 g/mol. The number of ether oxygens (including phenoxy) is 2. The van der Waals surface area contributed by atoms with Crippen molar-refractivity contribution in [3.05, 3.63) is 48.5 Å². The fraction of sp³-hybridized carbons (Fsp3) is 0.435. The Bertz CT molecular complexity index is 792. The first-order chi connectivity index (χ1) is 14.7. The number of nitrogens with zero attached hydrogens (tertiary/aromatic N) is 2. The molecule has 2 aromatic carbocycles. The summed E-state index contributed by atoms with van der Waals surface area (Å²) in [6.07, 6.45) is 0.735. The van der Waals surface area contributed by atoms with E-state index in [1.807, 2.05) is 48.5 Å². The van der Waals surface area contributed by atoms with E-state index in [1.165, 1.54) is 6.92 Å². The number of nitrogens with one attached hydrogen (secondary N) is 1. The molecule has 1 heterocycles. The molecule has 1 aliphatic rings. The predicted octanol–water partition coefficient (Wildman–Crippen LogP) is 2.61. The average Bonchev–Trinajstić information content (AvgIpc) is 2.76. The third kappa shape index (κ3) is 6.64. The molecule has 0 radical (unpaired) electrons. The quantitative estimate of drug-likeness (QED) is 0.584. The number of carbonyl (C=O) groups excluding carboxylic acids is 1. The molecule has 0 spiro atoms. The number of hydrogen-bond donors (Lipinski definition) is 2. The molecule has 1 saturated heterocycles. The summed E-state index contributed by atoms with van der Waals surface area (Å²) in [5.74, 6) is 1.39. The number of rotatable bonds is 10. The molecule has 2 N–H and O–H groups in total. The summed E-state index contributed by atoms with van der Waals surface area (Å²) in [7, 11) is 0. The molecule has 0 unspecified atom stereocenters. The van der Waals surface area contributed by atoms with Gasteiger partial charge in [-0.1, -0.05) is 18.2 Å². The second-order valence-corrected chi connectivity index (χ2v) is 7.28. The van der Waals surface area contributed by atoms with Crippen molar-refractivity contribution in [2.24, 2.45) is 0 Å². The van der Waals surface area contributed by atoms with Gasteiger partial charge in [0.2, 0.25) is 5.91 Å². The minimum Gasteiger partial charge on any atom is -0.493 e. The Balaban J connectivity index is 1.56. The first-order valence-corrected chi connectivity index (χ1v) is 10.5. The molecule has 0 atom stereocenters. The molecule has 0 bridgehead atoms. The molecule has 1 fully saturated rings. The molecule has 3 rings (SSSR count). The van der Waals surface area contributed by atoms with Crippen LogP contribution in [-0.4, -0.2) is 68.5 Å². The predicted molar refractivity (Wildman–Crippen MR) is 119 cm³/mol. The number of β-amino-alcohol motifs (C(OH)–C–C–N with tert-alkyl or cyclic N) is 1. The molecule has 1 aliphatic heterocycles. The van der Waals surface area contributed by atoms with Crippen LogP contribution in [0.15, 0.2) is 48.5 Å². The third-order valence-electron chi connectivity index (χ3n) is 4.99. The van der Waals surface area contributed by atoms with E-state index in [2.05, 4.69) is 15.1 Å². The van der Waals surface area contributed by atoms with Gasteiger partial charge < -0.3 is 24.8 Å². The largest absolute Gasteiger partial charge is 0.493 e. The lowest BCUT2D eigenvalue weighted by Crippen LogP contribution is -2.47. The van der Waals surface area contributed by atoms with E-state index in [4.69, 9.17) is 14.6 Å². The van der Waals surface area contributed by atoms with Crippen molar-refractivity contribution in [3.8, 4) is 11.5 Å². The van der Waals surface area contributed by atoms with Gasteiger partial charge in [0.05, 0.1) is 25.5 Å². The summed E-state index contributed by atoms with van der Waals surface area (Å²) < 4.78 is 11.7. The van der Waals surface area contributed by atoms with Crippen LogP contribution in [0.5, 0.6) is 11.5 Å². The zero-order valence-electron chi connectivity index (χ0n) is 17.5. The van der Waals surface area contributed by atoms with Gasteiger partial charge in [-0.25, -0.2) is 0 Å². The van der Waals surface area contributed by atoms with Gasteiger partial charge in [0.1, 0.15) is 11.5 Å². The number of benzene rings is 2. The second kappa shape index (κ2) is 11.4. The van der Waals surface area contributed by atoms with Crippen molar-refractivity contribution in [1.29, 1.82) is 0 Å². The first kappa shape index (κ1) is 21.9. The van der Waals surface area contributed by atoms with Crippen LogP contribution < -0.4 is 19.7 Å². The van der Waals surface area contributed by atoms with Crippen LogP contribution in [0.3, 0.4) is 0 Å². The fourth-order valence-corrected chi connectivity index (χ4v) is 3.44. The van der Waals surface area contributed by atoms with Gasteiger partial charge in [-0.3, -0.25) is 9.69 Å². The van der Waals surface area contributed by atoms with Crippen LogP contribution >= 0.6 is 0 Å². The van der Waals surface area contributed by atoms with Gasteiger partial charge in [0.15, 0.2) is 0 Å². The Morgan fingerprint density at radius 3 is 2.47 bits per heavy atom. The molecule has 7 heteroatoms. The summed E-state index contributed by atoms with van der Waals surface area (Å²) in [6.45, 7) is 7.08. The van der Waals surface area contributed by atoms with E-state index in [0.29, 0.717) is 31.2 Å². The SMILES string of the molecule is CC(=O)Nc1ccc(N2CCN(CCO)CC2)cc1OCCCOc1ccccc1. The number of carbonyl (C=O) groups is 1. The topological polar surface area (TPSA) is 74.3 Å². The van der Waals surface area contributed by atoms with E-state index in [1.54, 1.807) is 0 Å². The zero-order valence-corrected chi connectivity index (χ0v) is 17.5. The van der Waals surface area contributed by atoms with Crippen molar-refractivity contribution >= 4 is 17.3 Å². The van der Waals surface area contributed by atoms with Crippen LogP contribution in [0, 0.1) is 0 Å². The highest BCUT2D eigenvalue weighted by atomic mass is 16.5. The van der Waals surface area contributed by atoms with Crippen LogP contribution in [0.25, 0.3) is 0 Å². The van der Waals surface area contributed by atoms with E-state index in [0.717, 1.165) is 44.0 Å². The van der Waals surface area contributed by atoms with E-state index in [9.17, 15) is 4.79 Å². The van der Waals surface area contributed by atoms with Crippen LogP contribution in [0.4, 0.5) is 11.4 Å². The van der Waals surface area contributed by atoms with Gasteiger partial charge >= 0.3 is 0 Å². The Morgan fingerprint density at radius 1 is 1.03 bits per heavy atom. The maximum Gasteiger partial charge on any atom is 0.221 e. The molecule has 1 amide bonds. The second-order valence-electron chi connectivity index (χ2n) is 7.28. The van der Waals surface area contributed by atoms with Crippen LogP contribution in [0.1, 0.15) is 13.3 Å². The zero-order chi connectivity index (χ0) is 21.2. The van der Waals surface area contributed by atoms with Crippen molar-refractivity contribution < 1.29 is 19.4 Å². The standard InChI is InChI=1S/C23H31N3O4/c1-19(28)24-22-9-8-20(26-12-10-25(11-13-26)14-15-27)18-23(22)30-17-5-16-29-21-6-3-2-4-7-21/h2-4,6-9,18,27H,5,10-17H2,1H3,(H,24,28). The lowest BCUT2D eigenvalue weighted by molar-refractivity contribution is -0.114. The average molecular weight is 414 g/mol.